The minimum atomic E-state index is -0.472. The van der Waals surface area contributed by atoms with Crippen LogP contribution in [0.2, 0.25) is 0 Å². The van der Waals surface area contributed by atoms with E-state index in [1.54, 1.807) is 17.8 Å². The van der Waals surface area contributed by atoms with Gasteiger partial charge in [0.1, 0.15) is 10.7 Å². The number of hydrogen-bond acceptors (Lipinski definition) is 3. The van der Waals surface area contributed by atoms with Crippen LogP contribution in [-0.2, 0) is 6.42 Å². The number of nitrogens with one attached hydrogen (secondary N) is 1. The first-order chi connectivity index (χ1) is 9.13. The zero-order chi connectivity index (χ0) is 13.8. The largest absolute Gasteiger partial charge is 0.345 e. The normalized spacial score (nSPS) is 12.2. The lowest BCUT2D eigenvalue weighted by Gasteiger charge is -2.16. The minimum Gasteiger partial charge on any atom is -0.345 e. The first-order valence-corrected chi connectivity index (χ1v) is 6.98. The van der Waals surface area contributed by atoms with Crippen LogP contribution >= 0.6 is 11.3 Å². The Morgan fingerprint density at radius 1 is 1.53 bits per heavy atom. The molecule has 2 aromatic heterocycles. The number of aryl methyl sites for hydroxylation is 1. The Morgan fingerprint density at radius 2 is 2.32 bits per heavy atom. The summed E-state index contributed by atoms with van der Waals surface area (Å²) in [6, 6.07) is 3.01. The fraction of sp³-hybridized carbons (Fsp3) is 0.286. The van der Waals surface area contributed by atoms with Crippen molar-refractivity contribution in [2.75, 3.05) is 0 Å². The van der Waals surface area contributed by atoms with Crippen LogP contribution in [0.1, 0.15) is 40.7 Å². The van der Waals surface area contributed by atoms with Crippen molar-refractivity contribution in [2.45, 2.75) is 26.3 Å². The molecule has 100 valence electrons. The number of hydrogen-bond donors (Lipinski definition) is 1. The van der Waals surface area contributed by atoms with Crippen molar-refractivity contribution in [3.8, 4) is 0 Å². The quantitative estimate of drug-likeness (QED) is 0.932. The molecule has 0 bridgehead atoms. The zero-order valence-corrected chi connectivity index (χ0v) is 11.6. The van der Waals surface area contributed by atoms with Gasteiger partial charge in [0, 0.05) is 12.4 Å². The van der Waals surface area contributed by atoms with E-state index in [0.717, 1.165) is 28.9 Å². The number of carbonyl (C=O) groups is 1. The Bertz CT molecular complexity index is 582. The van der Waals surface area contributed by atoms with Gasteiger partial charge in [-0.15, -0.1) is 11.3 Å². The second-order valence-corrected chi connectivity index (χ2v) is 5.14. The van der Waals surface area contributed by atoms with Crippen molar-refractivity contribution < 1.29 is 9.18 Å². The second kappa shape index (κ2) is 5.93. The molecule has 5 heteroatoms. The third-order valence-corrected chi connectivity index (χ3v) is 3.85. The van der Waals surface area contributed by atoms with E-state index >= 15 is 0 Å². The van der Waals surface area contributed by atoms with Crippen LogP contribution in [0.5, 0.6) is 0 Å². The number of pyridine rings is 1. The summed E-state index contributed by atoms with van der Waals surface area (Å²) in [4.78, 5) is 16.1. The summed E-state index contributed by atoms with van der Waals surface area (Å²) in [6.07, 6.45) is 4.34. The average Bonchev–Trinajstić information content (AvgIpc) is 2.85. The topological polar surface area (TPSA) is 42.0 Å². The highest BCUT2D eigenvalue weighted by atomic mass is 32.1. The smallest absolute Gasteiger partial charge is 0.264 e. The third-order valence-electron chi connectivity index (χ3n) is 2.96. The van der Waals surface area contributed by atoms with E-state index in [4.69, 9.17) is 0 Å². The van der Waals surface area contributed by atoms with Crippen LogP contribution in [0.3, 0.4) is 0 Å². The molecule has 0 aliphatic rings. The lowest BCUT2D eigenvalue weighted by molar-refractivity contribution is 0.0940. The number of amides is 1. The van der Waals surface area contributed by atoms with E-state index < -0.39 is 5.82 Å². The number of rotatable bonds is 4. The van der Waals surface area contributed by atoms with Gasteiger partial charge < -0.3 is 5.32 Å². The SMILES string of the molecule is CCc1cnccc1C(C)NC(=O)c1sccc1F. The van der Waals surface area contributed by atoms with Crippen LogP contribution in [0.4, 0.5) is 4.39 Å². The molecular weight excluding hydrogens is 263 g/mol. The van der Waals surface area contributed by atoms with E-state index in [0.29, 0.717) is 0 Å². The van der Waals surface area contributed by atoms with Crippen LogP contribution in [-0.4, -0.2) is 10.9 Å². The fourth-order valence-corrected chi connectivity index (χ4v) is 2.62. The summed E-state index contributed by atoms with van der Waals surface area (Å²) in [5.41, 5.74) is 2.10. The van der Waals surface area contributed by atoms with Crippen molar-refractivity contribution in [3.05, 3.63) is 51.7 Å². The average molecular weight is 278 g/mol. The van der Waals surface area contributed by atoms with Crippen LogP contribution in [0.25, 0.3) is 0 Å². The summed E-state index contributed by atoms with van der Waals surface area (Å²) in [5, 5.41) is 4.39. The summed E-state index contributed by atoms with van der Waals surface area (Å²) in [7, 11) is 0. The number of thiophene rings is 1. The molecule has 3 nitrogen and oxygen atoms in total. The van der Waals surface area contributed by atoms with Crippen molar-refractivity contribution in [3.63, 3.8) is 0 Å². The van der Waals surface area contributed by atoms with Crippen molar-refractivity contribution in [1.29, 1.82) is 0 Å². The Morgan fingerprint density at radius 3 is 2.95 bits per heavy atom. The molecule has 2 rings (SSSR count). The van der Waals surface area contributed by atoms with Crippen molar-refractivity contribution in [2.24, 2.45) is 0 Å². The first-order valence-electron chi connectivity index (χ1n) is 6.10. The Kier molecular flexibility index (Phi) is 4.27. The number of carbonyl (C=O) groups excluding carboxylic acids is 1. The van der Waals surface area contributed by atoms with Gasteiger partial charge in [0.2, 0.25) is 0 Å². The molecule has 1 amide bonds. The molecule has 0 saturated heterocycles. The van der Waals surface area contributed by atoms with Gasteiger partial charge in [0.25, 0.3) is 5.91 Å². The number of aromatic nitrogens is 1. The first kappa shape index (κ1) is 13.7. The molecule has 0 fully saturated rings. The molecule has 0 aromatic carbocycles. The highest BCUT2D eigenvalue weighted by Gasteiger charge is 2.17. The minimum absolute atomic E-state index is 0.124. The predicted molar refractivity (Wildman–Crippen MR) is 73.8 cm³/mol. The van der Waals surface area contributed by atoms with Gasteiger partial charge in [0.05, 0.1) is 6.04 Å². The summed E-state index contributed by atoms with van der Waals surface area (Å²) >= 11 is 1.11. The van der Waals surface area contributed by atoms with Gasteiger partial charge >= 0.3 is 0 Å². The molecule has 2 heterocycles. The standard InChI is InChI=1S/C14H15FN2OS/c1-3-10-8-16-6-4-11(10)9(2)17-14(18)13-12(15)5-7-19-13/h4-9H,3H2,1-2H3,(H,17,18). The fourth-order valence-electron chi connectivity index (χ4n) is 1.95. The molecule has 1 unspecified atom stereocenters. The highest BCUT2D eigenvalue weighted by Crippen LogP contribution is 2.20. The molecule has 19 heavy (non-hydrogen) atoms. The van der Waals surface area contributed by atoms with Gasteiger partial charge in [0.15, 0.2) is 0 Å². The zero-order valence-electron chi connectivity index (χ0n) is 10.8. The van der Waals surface area contributed by atoms with Crippen LogP contribution in [0.15, 0.2) is 29.9 Å². The molecule has 0 aliphatic heterocycles. The number of halogens is 1. The lowest BCUT2D eigenvalue weighted by atomic mass is 10.0. The van der Waals surface area contributed by atoms with Gasteiger partial charge in [-0.05, 0) is 42.0 Å². The van der Waals surface area contributed by atoms with Crippen LogP contribution in [0, 0.1) is 5.82 Å². The summed E-state index contributed by atoms with van der Waals surface area (Å²) in [5.74, 6) is -0.848. The summed E-state index contributed by atoms with van der Waals surface area (Å²) < 4.78 is 13.3. The summed E-state index contributed by atoms with van der Waals surface area (Å²) in [6.45, 7) is 3.92. The van der Waals surface area contributed by atoms with E-state index in [9.17, 15) is 9.18 Å². The third kappa shape index (κ3) is 2.98. The highest BCUT2D eigenvalue weighted by molar-refractivity contribution is 7.12. The molecule has 0 spiro atoms. The molecule has 0 saturated carbocycles. The molecule has 0 aliphatic carbocycles. The van der Waals surface area contributed by atoms with E-state index in [1.165, 1.54) is 6.07 Å². The maximum absolute atomic E-state index is 13.3. The van der Waals surface area contributed by atoms with E-state index in [-0.39, 0.29) is 16.8 Å². The van der Waals surface area contributed by atoms with Crippen molar-refractivity contribution >= 4 is 17.2 Å². The van der Waals surface area contributed by atoms with Gasteiger partial charge in [-0.1, -0.05) is 6.92 Å². The molecule has 1 atom stereocenters. The molecule has 0 radical (unpaired) electrons. The maximum atomic E-state index is 13.3. The van der Waals surface area contributed by atoms with Crippen molar-refractivity contribution in [1.82, 2.24) is 10.3 Å². The van der Waals surface area contributed by atoms with E-state index in [2.05, 4.69) is 10.3 Å². The van der Waals surface area contributed by atoms with Crippen LogP contribution < -0.4 is 5.32 Å². The second-order valence-electron chi connectivity index (χ2n) is 4.22. The van der Waals surface area contributed by atoms with Gasteiger partial charge in [-0.3, -0.25) is 9.78 Å². The number of nitrogens with zero attached hydrogens (tertiary/aromatic N) is 1. The molecule has 1 N–H and O–H groups in total. The van der Waals surface area contributed by atoms with Gasteiger partial charge in [-0.25, -0.2) is 4.39 Å². The monoisotopic (exact) mass is 278 g/mol. The lowest BCUT2D eigenvalue weighted by Crippen LogP contribution is -2.27. The predicted octanol–water partition coefficient (Wildman–Crippen LogP) is 3.34. The maximum Gasteiger partial charge on any atom is 0.264 e. The Balaban J connectivity index is 2.15. The van der Waals surface area contributed by atoms with Gasteiger partial charge in [-0.2, -0.15) is 0 Å². The molecular formula is C14H15FN2OS. The Labute approximate surface area is 115 Å². The Hall–Kier alpha value is -1.75. The molecule has 2 aromatic rings. The van der Waals surface area contributed by atoms with E-state index in [1.807, 2.05) is 19.9 Å².